The molecular formula is C9H16O. The summed E-state index contributed by atoms with van der Waals surface area (Å²) in [5.74, 6) is 0. The summed E-state index contributed by atoms with van der Waals surface area (Å²) in [5, 5.41) is 0. The number of hydrogen-bond donors (Lipinski definition) is 0. The van der Waals surface area contributed by atoms with Crippen molar-refractivity contribution in [3.05, 3.63) is 0 Å². The van der Waals surface area contributed by atoms with Gasteiger partial charge in [0.2, 0.25) is 0 Å². The van der Waals surface area contributed by atoms with Gasteiger partial charge in [0, 0.05) is 0 Å². The van der Waals surface area contributed by atoms with Gasteiger partial charge in [0.25, 0.3) is 0 Å². The van der Waals surface area contributed by atoms with E-state index >= 15 is 0 Å². The maximum Gasteiger partial charge on any atom is 0.0693 e. The van der Waals surface area contributed by atoms with Crippen LogP contribution < -0.4 is 0 Å². The molecule has 1 spiro atoms. The van der Waals surface area contributed by atoms with Gasteiger partial charge < -0.3 is 4.74 Å². The van der Waals surface area contributed by atoms with Crippen LogP contribution >= 0.6 is 0 Å². The van der Waals surface area contributed by atoms with E-state index in [0.29, 0.717) is 5.60 Å². The Labute approximate surface area is 62.8 Å². The summed E-state index contributed by atoms with van der Waals surface area (Å²) in [4.78, 5) is 0. The Kier molecular flexibility index (Phi) is 1.17. The molecule has 58 valence electrons. The van der Waals surface area contributed by atoms with Crippen molar-refractivity contribution in [3.63, 3.8) is 0 Å². The molecule has 0 aromatic carbocycles. The summed E-state index contributed by atoms with van der Waals surface area (Å²) >= 11 is 0. The van der Waals surface area contributed by atoms with Crippen LogP contribution in [0.25, 0.3) is 0 Å². The normalized spacial score (nSPS) is 42.6. The van der Waals surface area contributed by atoms with Crippen LogP contribution in [0.1, 0.15) is 46.0 Å². The van der Waals surface area contributed by atoms with Gasteiger partial charge in [-0.1, -0.05) is 6.92 Å². The molecule has 1 atom stereocenters. The molecule has 0 aromatic rings. The average Bonchev–Trinajstić information content (AvgIpc) is 2.56. The first-order chi connectivity index (χ1) is 4.68. The van der Waals surface area contributed by atoms with E-state index in [1.165, 1.54) is 32.1 Å². The quantitative estimate of drug-likeness (QED) is 0.543. The molecule has 10 heavy (non-hydrogen) atoms. The highest BCUT2D eigenvalue weighted by Gasteiger charge is 2.53. The van der Waals surface area contributed by atoms with Crippen LogP contribution in [0.15, 0.2) is 0 Å². The van der Waals surface area contributed by atoms with E-state index in [2.05, 4.69) is 13.8 Å². The highest BCUT2D eigenvalue weighted by Crippen LogP contribution is 2.53. The fourth-order valence-electron chi connectivity index (χ4n) is 1.86. The van der Waals surface area contributed by atoms with Gasteiger partial charge in [-0.25, -0.2) is 0 Å². The minimum atomic E-state index is 0.233. The summed E-state index contributed by atoms with van der Waals surface area (Å²) in [6.45, 7) is 4.47. The van der Waals surface area contributed by atoms with Crippen LogP contribution in [0.4, 0.5) is 0 Å². The van der Waals surface area contributed by atoms with Crippen molar-refractivity contribution in [2.24, 2.45) is 0 Å². The molecule has 2 fully saturated rings. The van der Waals surface area contributed by atoms with Gasteiger partial charge >= 0.3 is 0 Å². The van der Waals surface area contributed by atoms with Crippen molar-refractivity contribution in [1.29, 1.82) is 0 Å². The lowest BCUT2D eigenvalue weighted by Crippen LogP contribution is -2.24. The molecule has 0 bridgehead atoms. The molecule has 1 saturated heterocycles. The smallest absolute Gasteiger partial charge is 0.0693 e. The van der Waals surface area contributed by atoms with E-state index in [-0.39, 0.29) is 5.60 Å². The predicted molar refractivity (Wildman–Crippen MR) is 41.0 cm³/mol. The Morgan fingerprint density at radius 2 is 1.80 bits per heavy atom. The topological polar surface area (TPSA) is 9.23 Å². The van der Waals surface area contributed by atoms with Crippen molar-refractivity contribution in [2.75, 3.05) is 0 Å². The van der Waals surface area contributed by atoms with Crippen LogP contribution in [0.3, 0.4) is 0 Å². The van der Waals surface area contributed by atoms with Gasteiger partial charge in [0.05, 0.1) is 11.2 Å². The van der Waals surface area contributed by atoms with Crippen molar-refractivity contribution < 1.29 is 4.74 Å². The van der Waals surface area contributed by atoms with E-state index in [0.717, 1.165) is 0 Å². The lowest BCUT2D eigenvalue weighted by Gasteiger charge is -2.22. The van der Waals surface area contributed by atoms with Crippen LogP contribution in [0, 0.1) is 0 Å². The molecular weight excluding hydrogens is 124 g/mol. The van der Waals surface area contributed by atoms with Crippen LogP contribution in [0.5, 0.6) is 0 Å². The second-order valence-electron chi connectivity index (χ2n) is 4.09. The fourth-order valence-corrected chi connectivity index (χ4v) is 1.86. The van der Waals surface area contributed by atoms with Crippen LogP contribution in [-0.4, -0.2) is 11.2 Å². The number of ether oxygens (including phenoxy) is 1. The van der Waals surface area contributed by atoms with Crippen molar-refractivity contribution in [2.45, 2.75) is 57.2 Å². The van der Waals surface area contributed by atoms with Crippen molar-refractivity contribution in [1.82, 2.24) is 0 Å². The van der Waals surface area contributed by atoms with Gasteiger partial charge in [0.15, 0.2) is 0 Å². The van der Waals surface area contributed by atoms with E-state index in [9.17, 15) is 0 Å². The Bertz CT molecular complexity index is 149. The standard InChI is InChI=1S/C9H16O/c1-3-8(2)4-5-9(10-8)6-7-9/h3-7H2,1-2H3. The first kappa shape index (κ1) is 6.66. The monoisotopic (exact) mass is 140 g/mol. The molecule has 2 aliphatic rings. The van der Waals surface area contributed by atoms with Gasteiger partial charge in [-0.15, -0.1) is 0 Å². The average molecular weight is 140 g/mol. The lowest BCUT2D eigenvalue weighted by atomic mass is 9.99. The molecule has 1 aliphatic carbocycles. The minimum Gasteiger partial charge on any atom is -0.369 e. The molecule has 0 amide bonds. The zero-order valence-electron chi connectivity index (χ0n) is 6.94. The maximum atomic E-state index is 6.00. The SMILES string of the molecule is CCC1(C)CCC2(CC2)O1. The molecule has 0 aromatic heterocycles. The summed E-state index contributed by atoms with van der Waals surface area (Å²) in [6.07, 6.45) is 6.42. The third kappa shape index (κ3) is 0.878. The molecule has 1 saturated carbocycles. The number of hydrogen-bond acceptors (Lipinski definition) is 1. The second kappa shape index (κ2) is 1.76. The fraction of sp³-hybridized carbons (Fsp3) is 1.00. The summed E-state index contributed by atoms with van der Waals surface area (Å²) in [5.41, 5.74) is 0.612. The lowest BCUT2D eigenvalue weighted by molar-refractivity contribution is -0.0440. The van der Waals surface area contributed by atoms with Crippen LogP contribution in [0.2, 0.25) is 0 Å². The Hall–Kier alpha value is -0.0400. The number of rotatable bonds is 1. The zero-order chi connectivity index (χ0) is 7.24. The van der Waals surface area contributed by atoms with Crippen LogP contribution in [-0.2, 0) is 4.74 Å². The molecule has 0 radical (unpaired) electrons. The Morgan fingerprint density at radius 3 is 2.10 bits per heavy atom. The molecule has 2 rings (SSSR count). The Morgan fingerprint density at radius 1 is 1.20 bits per heavy atom. The van der Waals surface area contributed by atoms with Gasteiger partial charge in [-0.3, -0.25) is 0 Å². The van der Waals surface area contributed by atoms with Crippen molar-refractivity contribution >= 4 is 0 Å². The first-order valence-electron chi connectivity index (χ1n) is 4.38. The van der Waals surface area contributed by atoms with Gasteiger partial charge in [0.1, 0.15) is 0 Å². The highest BCUT2D eigenvalue weighted by molar-refractivity contribution is 5.04. The molecule has 1 heterocycles. The van der Waals surface area contributed by atoms with E-state index in [4.69, 9.17) is 4.74 Å². The zero-order valence-corrected chi connectivity index (χ0v) is 6.94. The summed E-state index contributed by atoms with van der Waals surface area (Å²) in [6, 6.07) is 0. The van der Waals surface area contributed by atoms with E-state index < -0.39 is 0 Å². The predicted octanol–water partition coefficient (Wildman–Crippen LogP) is 2.50. The van der Waals surface area contributed by atoms with E-state index in [1.54, 1.807) is 0 Å². The van der Waals surface area contributed by atoms with Gasteiger partial charge in [-0.05, 0) is 39.0 Å². The van der Waals surface area contributed by atoms with Crippen molar-refractivity contribution in [3.8, 4) is 0 Å². The first-order valence-corrected chi connectivity index (χ1v) is 4.38. The summed E-state index contributed by atoms with van der Waals surface area (Å²) in [7, 11) is 0. The third-order valence-electron chi connectivity index (χ3n) is 3.13. The third-order valence-corrected chi connectivity index (χ3v) is 3.13. The minimum absolute atomic E-state index is 0.233. The Balaban J connectivity index is 2.04. The molecule has 1 heteroatoms. The summed E-state index contributed by atoms with van der Waals surface area (Å²) < 4.78 is 6.00. The van der Waals surface area contributed by atoms with E-state index in [1.807, 2.05) is 0 Å². The second-order valence-corrected chi connectivity index (χ2v) is 4.09. The molecule has 1 unspecified atom stereocenters. The molecule has 1 aliphatic heterocycles. The molecule has 0 N–H and O–H groups in total. The maximum absolute atomic E-state index is 6.00. The highest BCUT2D eigenvalue weighted by atomic mass is 16.5. The molecule has 1 nitrogen and oxygen atoms in total. The van der Waals surface area contributed by atoms with Gasteiger partial charge in [-0.2, -0.15) is 0 Å². The largest absolute Gasteiger partial charge is 0.369 e.